The Bertz CT molecular complexity index is 286. The molecular formula is C15H32ClN3O. The fraction of sp³-hybridized carbons (Fsp3) is 0.933. The molecule has 5 heteroatoms. The Kier molecular flexibility index (Phi) is 9.43. The average molecular weight is 306 g/mol. The number of likely N-dealkylation sites (tertiary alicyclic amines) is 1. The van der Waals surface area contributed by atoms with Gasteiger partial charge in [0.1, 0.15) is 0 Å². The average Bonchev–Trinajstić information content (AvgIpc) is 2.80. The van der Waals surface area contributed by atoms with Crippen molar-refractivity contribution in [3.8, 4) is 0 Å². The van der Waals surface area contributed by atoms with Crippen molar-refractivity contribution in [3.05, 3.63) is 0 Å². The second kappa shape index (κ2) is 9.59. The molecule has 0 radical (unpaired) electrons. The van der Waals surface area contributed by atoms with Gasteiger partial charge in [0.2, 0.25) is 5.91 Å². The van der Waals surface area contributed by atoms with Crippen LogP contribution in [0.2, 0.25) is 0 Å². The van der Waals surface area contributed by atoms with Gasteiger partial charge in [0.25, 0.3) is 0 Å². The maximum Gasteiger partial charge on any atom is 0.237 e. The molecule has 3 N–H and O–H groups in total. The van der Waals surface area contributed by atoms with E-state index in [0.29, 0.717) is 11.8 Å². The summed E-state index contributed by atoms with van der Waals surface area (Å²) in [6.45, 7) is 12.8. The van der Waals surface area contributed by atoms with Crippen LogP contribution in [0.5, 0.6) is 0 Å². The predicted molar refractivity (Wildman–Crippen MR) is 87.1 cm³/mol. The standard InChI is InChI=1S/C15H31N3O.ClH/c1-5-12(4)14(16)15(19)17-8-13-6-7-18(10-13)9-11(2)3;/h11-14H,5-10,16H2,1-4H3,(H,17,19);1H. The number of carbonyl (C=O) groups is 1. The van der Waals surface area contributed by atoms with Gasteiger partial charge in [0, 0.05) is 19.6 Å². The summed E-state index contributed by atoms with van der Waals surface area (Å²) in [6.07, 6.45) is 2.13. The molecule has 1 fully saturated rings. The van der Waals surface area contributed by atoms with Gasteiger partial charge in [-0.05, 0) is 30.7 Å². The van der Waals surface area contributed by atoms with E-state index in [0.717, 1.165) is 32.6 Å². The van der Waals surface area contributed by atoms with Gasteiger partial charge < -0.3 is 16.0 Å². The predicted octanol–water partition coefficient (Wildman–Crippen LogP) is 1.88. The molecule has 1 amide bonds. The summed E-state index contributed by atoms with van der Waals surface area (Å²) in [6, 6.07) is -0.363. The van der Waals surface area contributed by atoms with E-state index in [2.05, 4.69) is 31.0 Å². The summed E-state index contributed by atoms with van der Waals surface area (Å²) in [5, 5.41) is 3.02. The third-order valence-corrected chi connectivity index (χ3v) is 4.12. The maximum absolute atomic E-state index is 11.9. The van der Waals surface area contributed by atoms with Crippen LogP contribution in [0.15, 0.2) is 0 Å². The summed E-state index contributed by atoms with van der Waals surface area (Å²) < 4.78 is 0. The minimum atomic E-state index is -0.363. The molecule has 0 aliphatic carbocycles. The third-order valence-electron chi connectivity index (χ3n) is 4.12. The molecule has 0 aromatic rings. The molecule has 0 bridgehead atoms. The lowest BCUT2D eigenvalue weighted by Gasteiger charge is -2.20. The van der Waals surface area contributed by atoms with E-state index >= 15 is 0 Å². The zero-order valence-electron chi connectivity index (χ0n) is 13.4. The summed E-state index contributed by atoms with van der Waals surface area (Å²) in [7, 11) is 0. The highest BCUT2D eigenvalue weighted by molar-refractivity contribution is 5.85. The molecular weight excluding hydrogens is 274 g/mol. The van der Waals surface area contributed by atoms with Crippen LogP contribution in [0.1, 0.15) is 40.5 Å². The van der Waals surface area contributed by atoms with Crippen molar-refractivity contribution >= 4 is 18.3 Å². The minimum absolute atomic E-state index is 0. The van der Waals surface area contributed by atoms with E-state index in [1.165, 1.54) is 6.42 Å². The Labute approximate surface area is 130 Å². The molecule has 120 valence electrons. The molecule has 1 aliphatic rings. The Balaban J connectivity index is 0.00000361. The van der Waals surface area contributed by atoms with E-state index in [-0.39, 0.29) is 30.3 Å². The van der Waals surface area contributed by atoms with E-state index in [4.69, 9.17) is 5.73 Å². The van der Waals surface area contributed by atoms with Crippen molar-refractivity contribution < 1.29 is 4.79 Å². The molecule has 1 heterocycles. The Hall–Kier alpha value is -0.320. The van der Waals surface area contributed by atoms with Gasteiger partial charge in [-0.25, -0.2) is 0 Å². The lowest BCUT2D eigenvalue weighted by molar-refractivity contribution is -0.123. The molecule has 20 heavy (non-hydrogen) atoms. The molecule has 0 aromatic carbocycles. The molecule has 1 rings (SSSR count). The van der Waals surface area contributed by atoms with Gasteiger partial charge in [0.05, 0.1) is 6.04 Å². The molecule has 1 aliphatic heterocycles. The number of carbonyl (C=O) groups excluding carboxylic acids is 1. The Morgan fingerprint density at radius 3 is 2.60 bits per heavy atom. The first-order valence-electron chi connectivity index (χ1n) is 7.69. The summed E-state index contributed by atoms with van der Waals surface area (Å²) in [4.78, 5) is 14.4. The van der Waals surface area contributed by atoms with Gasteiger partial charge >= 0.3 is 0 Å². The van der Waals surface area contributed by atoms with Crippen LogP contribution in [0.3, 0.4) is 0 Å². The number of amides is 1. The fourth-order valence-corrected chi connectivity index (χ4v) is 2.64. The smallest absolute Gasteiger partial charge is 0.237 e. The van der Waals surface area contributed by atoms with E-state index in [9.17, 15) is 4.79 Å². The number of rotatable bonds is 7. The minimum Gasteiger partial charge on any atom is -0.354 e. The van der Waals surface area contributed by atoms with Crippen molar-refractivity contribution in [1.82, 2.24) is 10.2 Å². The third kappa shape index (κ3) is 6.42. The molecule has 0 aromatic heterocycles. The lowest BCUT2D eigenvalue weighted by Crippen LogP contribution is -2.46. The van der Waals surface area contributed by atoms with Crippen LogP contribution in [0.4, 0.5) is 0 Å². The largest absolute Gasteiger partial charge is 0.354 e. The zero-order chi connectivity index (χ0) is 14.4. The van der Waals surface area contributed by atoms with E-state index in [1.54, 1.807) is 0 Å². The van der Waals surface area contributed by atoms with Crippen LogP contribution in [0.25, 0.3) is 0 Å². The number of nitrogens with one attached hydrogen (secondary N) is 1. The zero-order valence-corrected chi connectivity index (χ0v) is 14.2. The Morgan fingerprint density at radius 2 is 2.05 bits per heavy atom. The first-order valence-corrected chi connectivity index (χ1v) is 7.69. The van der Waals surface area contributed by atoms with Crippen LogP contribution < -0.4 is 11.1 Å². The fourth-order valence-electron chi connectivity index (χ4n) is 2.64. The molecule has 0 saturated carbocycles. The van der Waals surface area contributed by atoms with E-state index in [1.807, 2.05) is 6.92 Å². The second-order valence-electron chi connectivity index (χ2n) is 6.46. The van der Waals surface area contributed by atoms with Gasteiger partial charge in [-0.15, -0.1) is 12.4 Å². The summed E-state index contributed by atoms with van der Waals surface area (Å²) in [5.41, 5.74) is 5.93. The van der Waals surface area contributed by atoms with Crippen LogP contribution in [-0.2, 0) is 4.79 Å². The molecule has 3 unspecified atom stereocenters. The lowest BCUT2D eigenvalue weighted by atomic mass is 9.99. The molecule has 4 nitrogen and oxygen atoms in total. The quantitative estimate of drug-likeness (QED) is 0.755. The van der Waals surface area contributed by atoms with Gasteiger partial charge in [-0.1, -0.05) is 34.1 Å². The maximum atomic E-state index is 11.9. The SMILES string of the molecule is CCC(C)C(N)C(=O)NCC1CCN(CC(C)C)C1.Cl. The number of hydrogen-bond acceptors (Lipinski definition) is 3. The molecule has 0 spiro atoms. The number of nitrogens with two attached hydrogens (primary N) is 1. The van der Waals surface area contributed by atoms with Crippen molar-refractivity contribution in [1.29, 1.82) is 0 Å². The highest BCUT2D eigenvalue weighted by atomic mass is 35.5. The van der Waals surface area contributed by atoms with Crippen molar-refractivity contribution in [2.24, 2.45) is 23.5 Å². The van der Waals surface area contributed by atoms with Crippen LogP contribution in [0, 0.1) is 17.8 Å². The van der Waals surface area contributed by atoms with Gasteiger partial charge in [-0.2, -0.15) is 0 Å². The topological polar surface area (TPSA) is 58.4 Å². The highest BCUT2D eigenvalue weighted by Gasteiger charge is 2.25. The van der Waals surface area contributed by atoms with Crippen LogP contribution in [-0.4, -0.2) is 43.0 Å². The summed E-state index contributed by atoms with van der Waals surface area (Å²) >= 11 is 0. The van der Waals surface area contributed by atoms with Crippen molar-refractivity contribution in [3.63, 3.8) is 0 Å². The van der Waals surface area contributed by atoms with Crippen molar-refractivity contribution in [2.75, 3.05) is 26.2 Å². The highest BCUT2D eigenvalue weighted by Crippen LogP contribution is 2.16. The van der Waals surface area contributed by atoms with Gasteiger partial charge in [0.15, 0.2) is 0 Å². The molecule has 3 atom stereocenters. The normalized spacial score (nSPS) is 22.4. The second-order valence-corrected chi connectivity index (χ2v) is 6.46. The van der Waals surface area contributed by atoms with Crippen LogP contribution >= 0.6 is 12.4 Å². The monoisotopic (exact) mass is 305 g/mol. The Morgan fingerprint density at radius 1 is 1.40 bits per heavy atom. The number of nitrogens with zero attached hydrogens (tertiary/aromatic N) is 1. The summed E-state index contributed by atoms with van der Waals surface area (Å²) in [5.74, 6) is 1.57. The van der Waals surface area contributed by atoms with E-state index < -0.39 is 0 Å². The first-order chi connectivity index (χ1) is 8.93. The first kappa shape index (κ1) is 19.7. The molecule has 1 saturated heterocycles. The number of hydrogen-bond donors (Lipinski definition) is 2. The van der Waals surface area contributed by atoms with Gasteiger partial charge in [-0.3, -0.25) is 4.79 Å². The number of halogens is 1. The van der Waals surface area contributed by atoms with Crippen molar-refractivity contribution in [2.45, 2.75) is 46.6 Å².